The summed E-state index contributed by atoms with van der Waals surface area (Å²) in [6.45, 7) is 0.382. The summed E-state index contributed by atoms with van der Waals surface area (Å²) in [7, 11) is 0. The number of hydrogen-bond acceptors (Lipinski definition) is 4. The fourth-order valence-corrected chi connectivity index (χ4v) is 3.74. The molecule has 11 heteroatoms. The standard InChI is InChI=1S/C21H15Cl4N5O2/c22-14-5-3-6-15(23)13(14)10-30-11-17(25)20(28-30)26-21(31)18-8-9-29(27-18)12-32-19-7-2-1-4-16(19)24/h1-9,11H,10,12H2,(H,26,28,31). The Morgan fingerprint density at radius 1 is 0.875 bits per heavy atom. The Balaban J connectivity index is 1.41. The molecule has 0 aliphatic rings. The van der Waals surface area contributed by atoms with Gasteiger partial charge in [-0.1, -0.05) is 64.6 Å². The highest BCUT2D eigenvalue weighted by molar-refractivity contribution is 6.36. The van der Waals surface area contributed by atoms with E-state index in [9.17, 15) is 4.79 Å². The number of carbonyl (C=O) groups excluding carboxylic acids is 1. The number of aromatic nitrogens is 4. The van der Waals surface area contributed by atoms with Crippen LogP contribution in [-0.4, -0.2) is 25.5 Å². The molecule has 0 unspecified atom stereocenters. The van der Waals surface area contributed by atoms with Gasteiger partial charge < -0.3 is 10.1 Å². The van der Waals surface area contributed by atoms with Gasteiger partial charge in [-0.05, 0) is 30.3 Å². The quantitative estimate of drug-likeness (QED) is 0.329. The van der Waals surface area contributed by atoms with Crippen molar-refractivity contribution in [2.45, 2.75) is 13.3 Å². The van der Waals surface area contributed by atoms with Crippen molar-refractivity contribution in [2.24, 2.45) is 0 Å². The number of anilines is 1. The molecule has 2 aromatic carbocycles. The summed E-state index contributed by atoms with van der Waals surface area (Å²) >= 11 is 24.7. The normalized spacial score (nSPS) is 10.9. The number of amides is 1. The molecule has 0 bridgehead atoms. The van der Waals surface area contributed by atoms with Crippen molar-refractivity contribution in [3.63, 3.8) is 0 Å². The van der Waals surface area contributed by atoms with Crippen molar-refractivity contribution in [2.75, 3.05) is 5.32 Å². The first-order chi connectivity index (χ1) is 15.4. The summed E-state index contributed by atoms with van der Waals surface area (Å²) in [5.74, 6) is 0.248. The number of hydrogen-bond donors (Lipinski definition) is 1. The largest absolute Gasteiger partial charge is 0.470 e. The van der Waals surface area contributed by atoms with Gasteiger partial charge in [0.15, 0.2) is 18.2 Å². The van der Waals surface area contributed by atoms with Crippen LogP contribution < -0.4 is 10.1 Å². The second-order valence-electron chi connectivity index (χ2n) is 6.62. The second kappa shape index (κ2) is 9.83. The molecule has 7 nitrogen and oxygen atoms in total. The minimum Gasteiger partial charge on any atom is -0.470 e. The highest BCUT2D eigenvalue weighted by Gasteiger charge is 2.16. The van der Waals surface area contributed by atoms with Crippen molar-refractivity contribution in [1.82, 2.24) is 19.6 Å². The molecular weight excluding hydrogens is 496 g/mol. The lowest BCUT2D eigenvalue weighted by atomic mass is 10.2. The lowest BCUT2D eigenvalue weighted by Gasteiger charge is -2.07. The minimum atomic E-state index is -0.468. The molecule has 164 valence electrons. The fourth-order valence-electron chi connectivity index (χ4n) is 2.83. The van der Waals surface area contributed by atoms with Crippen molar-refractivity contribution in [3.05, 3.63) is 92.3 Å². The zero-order valence-corrected chi connectivity index (χ0v) is 19.3. The van der Waals surface area contributed by atoms with E-state index < -0.39 is 5.91 Å². The molecular formula is C21H15Cl4N5O2. The lowest BCUT2D eigenvalue weighted by molar-refractivity contribution is 0.101. The molecule has 32 heavy (non-hydrogen) atoms. The molecule has 0 saturated heterocycles. The number of ether oxygens (including phenoxy) is 1. The predicted molar refractivity (Wildman–Crippen MR) is 125 cm³/mol. The van der Waals surface area contributed by atoms with Crippen LogP contribution in [0.1, 0.15) is 16.1 Å². The van der Waals surface area contributed by atoms with Gasteiger partial charge in [-0.25, -0.2) is 4.68 Å². The number of para-hydroxylation sites is 1. The SMILES string of the molecule is O=C(Nc1nn(Cc2c(Cl)cccc2Cl)cc1Cl)c1ccn(COc2ccccc2Cl)n1. The molecule has 0 fully saturated rings. The van der Waals surface area contributed by atoms with Crippen LogP contribution in [0.3, 0.4) is 0 Å². The second-order valence-corrected chi connectivity index (χ2v) is 8.25. The summed E-state index contributed by atoms with van der Waals surface area (Å²) < 4.78 is 8.62. The van der Waals surface area contributed by atoms with Crippen LogP contribution in [0.2, 0.25) is 20.1 Å². The van der Waals surface area contributed by atoms with Crippen molar-refractivity contribution in [3.8, 4) is 5.75 Å². The summed E-state index contributed by atoms with van der Waals surface area (Å²) in [5, 5.41) is 12.9. The Labute approximate surface area is 203 Å². The van der Waals surface area contributed by atoms with E-state index in [1.54, 1.807) is 59.5 Å². The van der Waals surface area contributed by atoms with E-state index in [0.29, 0.717) is 32.9 Å². The molecule has 4 aromatic rings. The lowest BCUT2D eigenvalue weighted by Crippen LogP contribution is -2.15. The van der Waals surface area contributed by atoms with E-state index in [2.05, 4.69) is 15.5 Å². The maximum absolute atomic E-state index is 12.6. The first-order valence-electron chi connectivity index (χ1n) is 9.28. The third kappa shape index (κ3) is 5.19. The van der Waals surface area contributed by atoms with Crippen LogP contribution in [0.25, 0.3) is 0 Å². The number of halogens is 4. The van der Waals surface area contributed by atoms with Gasteiger partial charge in [-0.2, -0.15) is 10.2 Å². The predicted octanol–water partition coefficient (Wildman–Crippen LogP) is 6.03. The molecule has 4 rings (SSSR count). The van der Waals surface area contributed by atoms with E-state index in [1.165, 1.54) is 4.68 Å². The average molecular weight is 511 g/mol. The van der Waals surface area contributed by atoms with Gasteiger partial charge in [0, 0.05) is 28.0 Å². The van der Waals surface area contributed by atoms with Crippen LogP contribution in [0.15, 0.2) is 60.9 Å². The Morgan fingerprint density at radius 3 is 2.34 bits per heavy atom. The number of rotatable bonds is 7. The van der Waals surface area contributed by atoms with E-state index in [-0.39, 0.29) is 23.3 Å². The molecule has 2 aromatic heterocycles. The zero-order valence-electron chi connectivity index (χ0n) is 16.3. The van der Waals surface area contributed by atoms with E-state index in [0.717, 1.165) is 0 Å². The fraction of sp³-hybridized carbons (Fsp3) is 0.0952. The molecule has 0 aliphatic carbocycles. The van der Waals surface area contributed by atoms with Gasteiger partial charge in [-0.3, -0.25) is 9.48 Å². The summed E-state index contributed by atoms with van der Waals surface area (Å²) in [5.41, 5.74) is 0.873. The number of nitrogens with one attached hydrogen (secondary N) is 1. The third-order valence-corrected chi connectivity index (χ3v) is 5.69. The first-order valence-corrected chi connectivity index (χ1v) is 10.8. The van der Waals surface area contributed by atoms with Gasteiger partial charge >= 0.3 is 0 Å². The Bertz CT molecular complexity index is 1250. The summed E-state index contributed by atoms with van der Waals surface area (Å²) in [4.78, 5) is 12.6. The first kappa shape index (κ1) is 22.5. The molecule has 0 radical (unpaired) electrons. The third-order valence-electron chi connectivity index (χ3n) is 4.39. The maximum Gasteiger partial charge on any atom is 0.277 e. The monoisotopic (exact) mass is 509 g/mol. The average Bonchev–Trinajstić information content (AvgIpc) is 3.37. The van der Waals surface area contributed by atoms with Crippen molar-refractivity contribution in [1.29, 1.82) is 0 Å². The summed E-state index contributed by atoms with van der Waals surface area (Å²) in [6, 6.07) is 13.9. The number of benzene rings is 2. The minimum absolute atomic E-state index is 0.0883. The van der Waals surface area contributed by atoms with Crippen LogP contribution >= 0.6 is 46.4 Å². The van der Waals surface area contributed by atoms with Gasteiger partial charge in [-0.15, -0.1) is 0 Å². The highest BCUT2D eigenvalue weighted by atomic mass is 35.5. The van der Waals surface area contributed by atoms with Crippen LogP contribution in [0.5, 0.6) is 5.75 Å². The van der Waals surface area contributed by atoms with Crippen LogP contribution in [0.4, 0.5) is 5.82 Å². The summed E-state index contributed by atoms with van der Waals surface area (Å²) in [6.07, 6.45) is 3.19. The van der Waals surface area contributed by atoms with Gasteiger partial charge in [0.1, 0.15) is 10.8 Å². The maximum atomic E-state index is 12.6. The molecule has 2 heterocycles. The van der Waals surface area contributed by atoms with Crippen molar-refractivity contribution < 1.29 is 9.53 Å². The Kier molecular flexibility index (Phi) is 6.91. The number of nitrogens with zero attached hydrogens (tertiary/aromatic N) is 4. The topological polar surface area (TPSA) is 74.0 Å². The highest BCUT2D eigenvalue weighted by Crippen LogP contribution is 2.27. The van der Waals surface area contributed by atoms with Gasteiger partial charge in [0.2, 0.25) is 0 Å². The van der Waals surface area contributed by atoms with Gasteiger partial charge in [0.25, 0.3) is 5.91 Å². The Morgan fingerprint density at radius 2 is 1.59 bits per heavy atom. The van der Waals surface area contributed by atoms with Gasteiger partial charge in [0.05, 0.1) is 11.6 Å². The van der Waals surface area contributed by atoms with Crippen molar-refractivity contribution >= 4 is 58.1 Å². The smallest absolute Gasteiger partial charge is 0.277 e. The molecule has 0 aliphatic heterocycles. The molecule has 1 N–H and O–H groups in total. The number of carbonyl (C=O) groups is 1. The Hall–Kier alpha value is -2.71. The van der Waals surface area contributed by atoms with Crippen LogP contribution in [0, 0.1) is 0 Å². The molecule has 0 saturated carbocycles. The van der Waals surface area contributed by atoms with Crippen LogP contribution in [-0.2, 0) is 13.3 Å². The zero-order chi connectivity index (χ0) is 22.7. The molecule has 1 amide bonds. The molecule has 0 atom stereocenters. The van der Waals surface area contributed by atoms with E-state index >= 15 is 0 Å². The molecule has 0 spiro atoms. The van der Waals surface area contributed by atoms with E-state index in [1.807, 2.05) is 6.07 Å². The van der Waals surface area contributed by atoms with E-state index in [4.69, 9.17) is 51.1 Å².